The maximum atomic E-state index is 12.0. The van der Waals surface area contributed by atoms with Crippen molar-refractivity contribution in [3.05, 3.63) is 84.4 Å². The van der Waals surface area contributed by atoms with Crippen molar-refractivity contribution in [1.29, 1.82) is 0 Å². The monoisotopic (exact) mass is 377 g/mol. The van der Waals surface area contributed by atoms with Gasteiger partial charge in [-0.1, -0.05) is 30.3 Å². The van der Waals surface area contributed by atoms with Crippen molar-refractivity contribution in [1.82, 2.24) is 0 Å². The van der Waals surface area contributed by atoms with Crippen LogP contribution in [0.3, 0.4) is 0 Å². The molecule has 28 heavy (non-hydrogen) atoms. The second kappa shape index (κ2) is 10.0. The van der Waals surface area contributed by atoms with Crippen molar-refractivity contribution in [3.8, 4) is 17.2 Å². The highest BCUT2D eigenvalue weighted by molar-refractivity contribution is 5.91. The summed E-state index contributed by atoms with van der Waals surface area (Å²) in [6.07, 6.45) is 0. The minimum Gasteiger partial charge on any atom is -0.494 e. The summed E-state index contributed by atoms with van der Waals surface area (Å²) in [4.78, 5) is 12.0. The van der Waals surface area contributed by atoms with Crippen molar-refractivity contribution in [2.24, 2.45) is 0 Å². The summed E-state index contributed by atoms with van der Waals surface area (Å²) in [6, 6.07) is 24.4. The maximum Gasteiger partial charge on any atom is 0.262 e. The van der Waals surface area contributed by atoms with Gasteiger partial charge in [0.05, 0.1) is 6.61 Å². The highest BCUT2D eigenvalue weighted by Gasteiger charge is 2.05. The number of anilines is 1. The Morgan fingerprint density at radius 3 is 1.96 bits per heavy atom. The minimum absolute atomic E-state index is 0.0720. The van der Waals surface area contributed by atoms with Crippen molar-refractivity contribution in [2.45, 2.75) is 13.5 Å². The van der Waals surface area contributed by atoms with Crippen LogP contribution in [0.5, 0.6) is 17.2 Å². The molecule has 0 aliphatic rings. The van der Waals surface area contributed by atoms with Gasteiger partial charge in [0.25, 0.3) is 5.91 Å². The number of hydrogen-bond donors (Lipinski definition) is 1. The average molecular weight is 377 g/mol. The zero-order chi connectivity index (χ0) is 19.6. The predicted molar refractivity (Wildman–Crippen MR) is 109 cm³/mol. The van der Waals surface area contributed by atoms with Crippen molar-refractivity contribution >= 4 is 11.6 Å². The van der Waals surface area contributed by atoms with E-state index in [2.05, 4.69) is 5.32 Å². The Hall–Kier alpha value is -3.47. The highest BCUT2D eigenvalue weighted by atomic mass is 16.5. The molecular weight excluding hydrogens is 354 g/mol. The third kappa shape index (κ3) is 6.06. The first-order chi connectivity index (χ1) is 13.7. The maximum absolute atomic E-state index is 12.0. The Morgan fingerprint density at radius 2 is 1.32 bits per heavy atom. The van der Waals surface area contributed by atoms with E-state index in [9.17, 15) is 4.79 Å². The molecule has 144 valence electrons. The molecule has 0 aliphatic carbocycles. The molecule has 1 amide bonds. The van der Waals surface area contributed by atoms with Gasteiger partial charge < -0.3 is 19.5 Å². The van der Waals surface area contributed by atoms with Crippen LogP contribution in [0.2, 0.25) is 0 Å². The summed E-state index contributed by atoms with van der Waals surface area (Å²) in [5.41, 5.74) is 1.80. The Bertz CT molecular complexity index is 861. The summed E-state index contributed by atoms with van der Waals surface area (Å²) in [5.74, 6) is 1.89. The lowest BCUT2D eigenvalue weighted by Crippen LogP contribution is -2.20. The second-order valence-corrected chi connectivity index (χ2v) is 6.04. The topological polar surface area (TPSA) is 56.8 Å². The number of carbonyl (C=O) groups is 1. The van der Waals surface area contributed by atoms with E-state index in [-0.39, 0.29) is 12.5 Å². The van der Waals surface area contributed by atoms with Crippen molar-refractivity contribution in [3.63, 3.8) is 0 Å². The first-order valence-electron chi connectivity index (χ1n) is 9.15. The van der Waals surface area contributed by atoms with Crippen LogP contribution in [0.1, 0.15) is 12.5 Å². The smallest absolute Gasteiger partial charge is 0.262 e. The Labute approximate surface area is 164 Å². The predicted octanol–water partition coefficient (Wildman–Crippen LogP) is 4.68. The van der Waals surface area contributed by atoms with Gasteiger partial charge in [0.2, 0.25) is 0 Å². The van der Waals surface area contributed by atoms with E-state index in [1.807, 2.05) is 61.5 Å². The summed E-state index contributed by atoms with van der Waals surface area (Å²) in [7, 11) is 0. The number of nitrogens with one attached hydrogen (secondary N) is 1. The van der Waals surface area contributed by atoms with Gasteiger partial charge in [-0.05, 0) is 61.0 Å². The van der Waals surface area contributed by atoms with Gasteiger partial charge in [0, 0.05) is 5.69 Å². The molecule has 0 aliphatic heterocycles. The number of carbonyl (C=O) groups excluding carboxylic acids is 1. The molecule has 3 rings (SSSR count). The fourth-order valence-corrected chi connectivity index (χ4v) is 2.52. The number of rotatable bonds is 9. The summed E-state index contributed by atoms with van der Waals surface area (Å²) >= 11 is 0. The van der Waals surface area contributed by atoms with Gasteiger partial charge in [-0.25, -0.2) is 0 Å². The number of amides is 1. The van der Waals surface area contributed by atoms with Crippen LogP contribution in [-0.2, 0) is 11.4 Å². The van der Waals surface area contributed by atoms with Crippen LogP contribution < -0.4 is 19.5 Å². The van der Waals surface area contributed by atoms with Crippen LogP contribution >= 0.6 is 0 Å². The summed E-state index contributed by atoms with van der Waals surface area (Å²) in [5, 5.41) is 2.79. The van der Waals surface area contributed by atoms with Crippen LogP contribution in [0.4, 0.5) is 5.69 Å². The molecule has 0 fully saturated rings. The van der Waals surface area contributed by atoms with E-state index in [0.717, 1.165) is 17.1 Å². The second-order valence-electron chi connectivity index (χ2n) is 6.04. The summed E-state index contributed by atoms with van der Waals surface area (Å²) in [6.45, 7) is 2.97. The first kappa shape index (κ1) is 19.3. The molecule has 0 bridgehead atoms. The quantitative estimate of drug-likeness (QED) is 0.588. The molecule has 3 aromatic rings. The van der Waals surface area contributed by atoms with Gasteiger partial charge in [-0.2, -0.15) is 0 Å². The lowest BCUT2D eigenvalue weighted by molar-refractivity contribution is -0.118. The molecule has 5 heteroatoms. The van der Waals surface area contributed by atoms with Gasteiger partial charge in [-0.3, -0.25) is 4.79 Å². The number of ether oxygens (including phenoxy) is 3. The number of benzene rings is 3. The molecule has 0 saturated carbocycles. The molecular formula is C23H23NO4. The zero-order valence-electron chi connectivity index (χ0n) is 15.8. The zero-order valence-corrected chi connectivity index (χ0v) is 15.8. The van der Waals surface area contributed by atoms with Gasteiger partial charge in [0.1, 0.15) is 23.9 Å². The average Bonchev–Trinajstić information content (AvgIpc) is 2.74. The van der Waals surface area contributed by atoms with Crippen LogP contribution in [-0.4, -0.2) is 19.1 Å². The van der Waals surface area contributed by atoms with Crippen molar-refractivity contribution < 1.29 is 19.0 Å². The molecule has 3 aromatic carbocycles. The third-order valence-electron chi connectivity index (χ3n) is 3.89. The SMILES string of the molecule is CCOc1ccc(NC(=O)COc2ccc(OCc3ccccc3)cc2)cc1. The fourth-order valence-electron chi connectivity index (χ4n) is 2.52. The van der Waals surface area contributed by atoms with E-state index in [4.69, 9.17) is 14.2 Å². The Morgan fingerprint density at radius 1 is 0.750 bits per heavy atom. The Balaban J connectivity index is 1.43. The van der Waals surface area contributed by atoms with E-state index >= 15 is 0 Å². The normalized spacial score (nSPS) is 10.2. The molecule has 0 aromatic heterocycles. The van der Waals surface area contributed by atoms with Gasteiger partial charge in [0.15, 0.2) is 6.61 Å². The third-order valence-corrected chi connectivity index (χ3v) is 3.89. The molecule has 1 N–H and O–H groups in total. The van der Waals surface area contributed by atoms with Gasteiger partial charge >= 0.3 is 0 Å². The lowest BCUT2D eigenvalue weighted by Gasteiger charge is -2.10. The molecule has 0 atom stereocenters. The molecule has 0 heterocycles. The van der Waals surface area contributed by atoms with Crippen LogP contribution in [0.15, 0.2) is 78.9 Å². The molecule has 0 unspecified atom stereocenters. The summed E-state index contributed by atoms with van der Waals surface area (Å²) < 4.78 is 16.6. The standard InChI is InChI=1S/C23H23NO4/c1-2-26-20-10-8-19(9-11-20)24-23(25)17-28-22-14-12-21(13-15-22)27-16-18-6-4-3-5-7-18/h3-15H,2,16-17H2,1H3,(H,24,25). The lowest BCUT2D eigenvalue weighted by atomic mass is 10.2. The molecule has 5 nitrogen and oxygen atoms in total. The molecule has 0 radical (unpaired) electrons. The highest BCUT2D eigenvalue weighted by Crippen LogP contribution is 2.19. The van der Waals surface area contributed by atoms with E-state index in [0.29, 0.717) is 24.7 Å². The van der Waals surface area contributed by atoms with E-state index in [1.165, 1.54) is 0 Å². The van der Waals surface area contributed by atoms with E-state index in [1.54, 1.807) is 24.3 Å². The molecule has 0 saturated heterocycles. The van der Waals surface area contributed by atoms with Gasteiger partial charge in [-0.15, -0.1) is 0 Å². The van der Waals surface area contributed by atoms with Crippen LogP contribution in [0.25, 0.3) is 0 Å². The Kier molecular flexibility index (Phi) is 6.90. The fraction of sp³-hybridized carbons (Fsp3) is 0.174. The minimum atomic E-state index is -0.228. The van der Waals surface area contributed by atoms with Crippen molar-refractivity contribution in [2.75, 3.05) is 18.5 Å². The largest absolute Gasteiger partial charge is 0.494 e. The number of hydrogen-bond acceptors (Lipinski definition) is 4. The van der Waals surface area contributed by atoms with Crippen LogP contribution in [0, 0.1) is 0 Å². The molecule has 0 spiro atoms. The first-order valence-corrected chi connectivity index (χ1v) is 9.15. The van der Waals surface area contributed by atoms with E-state index < -0.39 is 0 Å².